The van der Waals surface area contributed by atoms with Gasteiger partial charge in [-0.1, -0.05) is 30.3 Å². The number of fused-ring (bicyclic) bond motifs is 1. The molecule has 1 saturated carbocycles. The van der Waals surface area contributed by atoms with E-state index in [1.165, 1.54) is 16.8 Å². The van der Waals surface area contributed by atoms with Crippen molar-refractivity contribution in [3.63, 3.8) is 0 Å². The van der Waals surface area contributed by atoms with Crippen molar-refractivity contribution in [2.24, 2.45) is 5.41 Å². The molecule has 2 aromatic rings. The van der Waals surface area contributed by atoms with Gasteiger partial charge in [0.05, 0.1) is 11.8 Å². The topological polar surface area (TPSA) is 57.6 Å². The van der Waals surface area contributed by atoms with Gasteiger partial charge in [-0.15, -0.1) is 0 Å². The molecule has 2 N–H and O–H groups in total. The summed E-state index contributed by atoms with van der Waals surface area (Å²) in [6, 6.07) is 13.0. The second-order valence-corrected chi connectivity index (χ2v) is 9.01. The molecular formula is C24H31N3O2. The Balaban J connectivity index is 1.38. The summed E-state index contributed by atoms with van der Waals surface area (Å²) in [7, 11) is 0. The summed E-state index contributed by atoms with van der Waals surface area (Å²) in [5.41, 5.74) is 4.27. The van der Waals surface area contributed by atoms with E-state index < -0.39 is 0 Å². The molecule has 1 spiro atoms. The van der Waals surface area contributed by atoms with Gasteiger partial charge in [-0.2, -0.15) is 0 Å². The lowest BCUT2D eigenvalue weighted by molar-refractivity contribution is -0.0506. The molecule has 0 radical (unpaired) electrons. The Labute approximate surface area is 173 Å². The monoisotopic (exact) mass is 393 g/mol. The molecule has 0 bridgehead atoms. The van der Waals surface area contributed by atoms with Crippen LogP contribution in [0.4, 0.5) is 0 Å². The number of pyridine rings is 1. The first-order chi connectivity index (χ1) is 14.3. The largest absolute Gasteiger partial charge is 0.490 e. The van der Waals surface area contributed by atoms with Crippen molar-refractivity contribution >= 4 is 0 Å². The van der Waals surface area contributed by atoms with Crippen LogP contribution in [0, 0.1) is 5.41 Å². The predicted molar refractivity (Wildman–Crippen MR) is 113 cm³/mol. The van der Waals surface area contributed by atoms with Gasteiger partial charge >= 0.3 is 0 Å². The Bertz CT molecular complexity index is 829. The third-order valence-corrected chi connectivity index (χ3v) is 6.92. The summed E-state index contributed by atoms with van der Waals surface area (Å²) in [5, 5.41) is 12.9. The number of aliphatic hydroxyl groups is 1. The number of aliphatic hydroxyl groups excluding tert-OH is 1. The minimum absolute atomic E-state index is 0.222. The summed E-state index contributed by atoms with van der Waals surface area (Å²) >= 11 is 0. The summed E-state index contributed by atoms with van der Waals surface area (Å²) in [6.07, 6.45) is 7.22. The molecule has 5 heteroatoms. The van der Waals surface area contributed by atoms with Gasteiger partial charge in [0.2, 0.25) is 0 Å². The zero-order chi connectivity index (χ0) is 19.7. The van der Waals surface area contributed by atoms with Crippen molar-refractivity contribution in [2.75, 3.05) is 26.2 Å². The van der Waals surface area contributed by atoms with Crippen LogP contribution in [0.1, 0.15) is 48.5 Å². The standard InChI is InChI=1S/C24H31N3O2/c28-12-4-7-21-23-20(9-11-27(21)15-18-5-2-1-3-6-18)26-10-8-22(23)29-19-13-24(14-19)16-25-17-24/h1-3,5-6,8,10,19,21,25,28H,4,7,9,11-17H2. The zero-order valence-electron chi connectivity index (χ0n) is 17.0. The highest BCUT2D eigenvalue weighted by Gasteiger charge is 2.50. The van der Waals surface area contributed by atoms with Crippen molar-refractivity contribution in [2.45, 2.75) is 50.8 Å². The lowest BCUT2D eigenvalue weighted by atomic mass is 9.63. The first-order valence-corrected chi connectivity index (χ1v) is 11.0. The van der Waals surface area contributed by atoms with Crippen LogP contribution in [0.25, 0.3) is 0 Å². The van der Waals surface area contributed by atoms with Gasteiger partial charge in [0.1, 0.15) is 5.75 Å². The van der Waals surface area contributed by atoms with Crippen LogP contribution in [0.3, 0.4) is 0 Å². The normalized spacial score (nSPS) is 23.3. The third-order valence-electron chi connectivity index (χ3n) is 6.92. The maximum Gasteiger partial charge on any atom is 0.127 e. The maximum atomic E-state index is 9.50. The molecule has 154 valence electrons. The molecule has 2 fully saturated rings. The van der Waals surface area contributed by atoms with Crippen molar-refractivity contribution in [1.29, 1.82) is 0 Å². The van der Waals surface area contributed by atoms with Crippen molar-refractivity contribution in [1.82, 2.24) is 15.2 Å². The average Bonchev–Trinajstić information content (AvgIpc) is 2.69. The fraction of sp³-hybridized carbons (Fsp3) is 0.542. The Hall–Kier alpha value is -1.95. The molecule has 29 heavy (non-hydrogen) atoms. The first kappa shape index (κ1) is 19.0. The number of benzene rings is 1. The second-order valence-electron chi connectivity index (χ2n) is 9.01. The van der Waals surface area contributed by atoms with E-state index in [1.807, 2.05) is 6.20 Å². The molecule has 1 unspecified atom stereocenters. The molecule has 2 aliphatic heterocycles. The Morgan fingerprint density at radius 1 is 1.17 bits per heavy atom. The van der Waals surface area contributed by atoms with Crippen molar-refractivity contribution in [3.8, 4) is 5.75 Å². The van der Waals surface area contributed by atoms with E-state index in [0.29, 0.717) is 11.5 Å². The number of hydrogen-bond acceptors (Lipinski definition) is 5. The van der Waals surface area contributed by atoms with Gasteiger partial charge in [0.15, 0.2) is 0 Å². The Kier molecular flexibility index (Phi) is 5.29. The molecule has 1 aromatic carbocycles. The van der Waals surface area contributed by atoms with E-state index in [4.69, 9.17) is 9.72 Å². The van der Waals surface area contributed by atoms with Gasteiger partial charge in [-0.25, -0.2) is 0 Å². The van der Waals surface area contributed by atoms with Crippen molar-refractivity contribution < 1.29 is 9.84 Å². The molecule has 5 nitrogen and oxygen atoms in total. The lowest BCUT2D eigenvalue weighted by Gasteiger charge is -2.54. The van der Waals surface area contributed by atoms with E-state index in [-0.39, 0.29) is 12.6 Å². The molecule has 1 saturated heterocycles. The molecule has 0 amide bonds. The van der Waals surface area contributed by atoms with E-state index in [9.17, 15) is 5.11 Å². The first-order valence-electron chi connectivity index (χ1n) is 11.0. The highest BCUT2D eigenvalue weighted by molar-refractivity contribution is 5.41. The smallest absolute Gasteiger partial charge is 0.127 e. The molecule has 5 rings (SSSR count). The number of rotatable bonds is 7. The SMILES string of the molecule is OCCCC1c2c(OC3CC4(CNC4)C3)ccnc2CCN1Cc1ccccc1. The Morgan fingerprint density at radius 2 is 2.00 bits per heavy atom. The highest BCUT2D eigenvalue weighted by Crippen LogP contribution is 2.47. The average molecular weight is 394 g/mol. The fourth-order valence-electron chi connectivity index (χ4n) is 5.30. The quantitative estimate of drug-likeness (QED) is 0.757. The fourth-order valence-corrected chi connectivity index (χ4v) is 5.30. The van der Waals surface area contributed by atoms with Crippen LogP contribution in [0.2, 0.25) is 0 Å². The number of aromatic nitrogens is 1. The van der Waals surface area contributed by atoms with Crippen LogP contribution in [0.5, 0.6) is 5.75 Å². The molecule has 3 aliphatic rings. The molecule has 1 aromatic heterocycles. The van der Waals surface area contributed by atoms with E-state index in [0.717, 1.165) is 64.0 Å². The van der Waals surface area contributed by atoms with E-state index in [2.05, 4.69) is 46.6 Å². The summed E-state index contributed by atoms with van der Waals surface area (Å²) in [4.78, 5) is 7.25. The molecule has 3 heterocycles. The van der Waals surface area contributed by atoms with Gasteiger partial charge in [0, 0.05) is 62.4 Å². The summed E-state index contributed by atoms with van der Waals surface area (Å²) < 4.78 is 6.53. The molecule has 1 atom stereocenters. The van der Waals surface area contributed by atoms with Crippen LogP contribution < -0.4 is 10.1 Å². The van der Waals surface area contributed by atoms with Gasteiger partial charge in [0.25, 0.3) is 0 Å². The van der Waals surface area contributed by atoms with E-state index in [1.54, 1.807) is 0 Å². The van der Waals surface area contributed by atoms with Gasteiger partial charge < -0.3 is 15.2 Å². The summed E-state index contributed by atoms with van der Waals surface area (Å²) in [6.45, 7) is 4.42. The molecular weight excluding hydrogens is 362 g/mol. The highest BCUT2D eigenvalue weighted by atomic mass is 16.5. The minimum Gasteiger partial charge on any atom is -0.490 e. The van der Waals surface area contributed by atoms with Gasteiger partial charge in [-0.3, -0.25) is 9.88 Å². The maximum absolute atomic E-state index is 9.50. The zero-order valence-corrected chi connectivity index (χ0v) is 17.0. The van der Waals surface area contributed by atoms with Crippen LogP contribution >= 0.6 is 0 Å². The predicted octanol–water partition coefficient (Wildman–Crippen LogP) is 3.08. The second kappa shape index (κ2) is 8.05. The van der Waals surface area contributed by atoms with Crippen LogP contribution in [-0.4, -0.2) is 47.3 Å². The van der Waals surface area contributed by atoms with E-state index >= 15 is 0 Å². The number of nitrogens with one attached hydrogen (secondary N) is 1. The number of nitrogens with zero attached hydrogens (tertiary/aromatic N) is 2. The molecule has 1 aliphatic carbocycles. The van der Waals surface area contributed by atoms with Crippen LogP contribution in [0.15, 0.2) is 42.6 Å². The summed E-state index contributed by atoms with van der Waals surface area (Å²) in [5.74, 6) is 1.02. The van der Waals surface area contributed by atoms with Crippen LogP contribution in [-0.2, 0) is 13.0 Å². The lowest BCUT2D eigenvalue weighted by Crippen LogP contribution is -2.62. The van der Waals surface area contributed by atoms with Gasteiger partial charge in [-0.05, 0) is 37.3 Å². The third kappa shape index (κ3) is 3.79. The minimum atomic E-state index is 0.222. The van der Waals surface area contributed by atoms with Crippen molar-refractivity contribution in [3.05, 3.63) is 59.4 Å². The Morgan fingerprint density at radius 3 is 2.72 bits per heavy atom. The number of hydrogen-bond donors (Lipinski definition) is 2. The number of ether oxygens (including phenoxy) is 1.